The molecule has 18 heavy (non-hydrogen) atoms. The monoisotopic (exact) mass is 260 g/mol. The lowest BCUT2D eigenvalue weighted by Crippen LogP contribution is -2.22. The normalized spacial score (nSPS) is 12.4. The first-order chi connectivity index (χ1) is 8.74. The van der Waals surface area contributed by atoms with Gasteiger partial charge in [0, 0.05) is 17.6 Å². The van der Waals surface area contributed by atoms with Crippen LogP contribution in [0.2, 0.25) is 0 Å². The van der Waals surface area contributed by atoms with Crippen LogP contribution >= 0.6 is 11.3 Å². The minimum atomic E-state index is 0.393. The molecule has 1 atom stereocenters. The second-order valence-electron chi connectivity index (χ2n) is 4.47. The third kappa shape index (κ3) is 2.74. The van der Waals surface area contributed by atoms with E-state index in [0.29, 0.717) is 12.6 Å². The molecular formula is C15H20N2S. The number of hydrogen-bond donors (Lipinski definition) is 1. The second kappa shape index (κ2) is 6.03. The van der Waals surface area contributed by atoms with Crippen LogP contribution in [0.4, 0.5) is 5.69 Å². The molecule has 2 nitrogen and oxygen atoms in total. The van der Waals surface area contributed by atoms with Crippen molar-refractivity contribution in [3.63, 3.8) is 0 Å². The van der Waals surface area contributed by atoms with Crippen molar-refractivity contribution >= 4 is 17.0 Å². The van der Waals surface area contributed by atoms with Gasteiger partial charge in [-0.15, -0.1) is 11.3 Å². The molecule has 0 saturated carbocycles. The molecule has 2 N–H and O–H groups in total. The number of anilines is 1. The van der Waals surface area contributed by atoms with Gasteiger partial charge < -0.3 is 10.6 Å². The van der Waals surface area contributed by atoms with Crippen LogP contribution < -0.4 is 10.6 Å². The Morgan fingerprint density at radius 1 is 1.22 bits per heavy atom. The molecule has 3 heteroatoms. The van der Waals surface area contributed by atoms with Gasteiger partial charge >= 0.3 is 0 Å². The Bertz CT molecular complexity index is 479. The van der Waals surface area contributed by atoms with Crippen molar-refractivity contribution in [2.75, 3.05) is 18.5 Å². The molecule has 96 valence electrons. The summed E-state index contributed by atoms with van der Waals surface area (Å²) in [4.78, 5) is 3.72. The average molecular weight is 260 g/mol. The molecule has 1 heterocycles. The molecule has 0 spiro atoms. The summed E-state index contributed by atoms with van der Waals surface area (Å²) in [5.74, 6) is 0. The highest BCUT2D eigenvalue weighted by Gasteiger charge is 2.15. The van der Waals surface area contributed by atoms with Crippen molar-refractivity contribution in [2.24, 2.45) is 5.73 Å². The van der Waals surface area contributed by atoms with Crippen LogP contribution in [0.15, 0.2) is 41.8 Å². The third-order valence-corrected chi connectivity index (χ3v) is 4.36. The SMILES string of the molecule is CC(c1cccs1)N(C)c1ccccc1CCN. The van der Waals surface area contributed by atoms with E-state index < -0.39 is 0 Å². The van der Waals surface area contributed by atoms with E-state index >= 15 is 0 Å². The van der Waals surface area contributed by atoms with Crippen LogP contribution in [0.5, 0.6) is 0 Å². The second-order valence-corrected chi connectivity index (χ2v) is 5.45. The molecule has 0 aliphatic rings. The van der Waals surface area contributed by atoms with Gasteiger partial charge in [0.15, 0.2) is 0 Å². The van der Waals surface area contributed by atoms with E-state index in [1.54, 1.807) is 11.3 Å². The lowest BCUT2D eigenvalue weighted by atomic mass is 10.1. The highest BCUT2D eigenvalue weighted by Crippen LogP contribution is 2.30. The summed E-state index contributed by atoms with van der Waals surface area (Å²) in [6.45, 7) is 2.93. The van der Waals surface area contributed by atoms with Gasteiger partial charge in [-0.3, -0.25) is 0 Å². The summed E-state index contributed by atoms with van der Waals surface area (Å²) in [5.41, 5.74) is 8.29. The standard InChI is InChI=1S/C15H20N2S/c1-12(15-8-5-11-18-15)17(2)14-7-4-3-6-13(14)9-10-16/h3-8,11-12H,9-10,16H2,1-2H3. The zero-order chi connectivity index (χ0) is 13.0. The summed E-state index contributed by atoms with van der Waals surface area (Å²) < 4.78 is 0. The Morgan fingerprint density at radius 3 is 2.67 bits per heavy atom. The molecule has 1 unspecified atom stereocenters. The smallest absolute Gasteiger partial charge is 0.0603 e. The predicted octanol–water partition coefficient (Wildman–Crippen LogP) is 3.45. The molecule has 0 bridgehead atoms. The minimum Gasteiger partial charge on any atom is -0.367 e. The number of benzene rings is 1. The fourth-order valence-corrected chi connectivity index (χ4v) is 2.98. The lowest BCUT2D eigenvalue weighted by molar-refractivity contribution is 0.747. The molecule has 0 saturated heterocycles. The Balaban J connectivity index is 2.25. The Labute approximate surface area is 113 Å². The summed E-state index contributed by atoms with van der Waals surface area (Å²) in [5, 5.41) is 2.13. The van der Waals surface area contributed by atoms with E-state index in [1.165, 1.54) is 16.1 Å². The number of para-hydroxylation sites is 1. The van der Waals surface area contributed by atoms with E-state index in [2.05, 4.69) is 60.6 Å². The van der Waals surface area contributed by atoms with E-state index in [4.69, 9.17) is 5.73 Å². The Morgan fingerprint density at radius 2 is 2.00 bits per heavy atom. The van der Waals surface area contributed by atoms with Gasteiger partial charge in [0.2, 0.25) is 0 Å². The van der Waals surface area contributed by atoms with Crippen molar-refractivity contribution in [1.29, 1.82) is 0 Å². The van der Waals surface area contributed by atoms with Gasteiger partial charge in [-0.2, -0.15) is 0 Å². The fourth-order valence-electron chi connectivity index (χ4n) is 2.15. The molecule has 2 aromatic rings. The van der Waals surface area contributed by atoms with Gasteiger partial charge in [0.05, 0.1) is 6.04 Å². The van der Waals surface area contributed by atoms with Crippen molar-refractivity contribution in [3.8, 4) is 0 Å². The van der Waals surface area contributed by atoms with Gasteiger partial charge in [-0.25, -0.2) is 0 Å². The maximum Gasteiger partial charge on any atom is 0.0603 e. The minimum absolute atomic E-state index is 0.393. The molecule has 0 radical (unpaired) electrons. The van der Waals surface area contributed by atoms with Crippen LogP contribution in [0.25, 0.3) is 0 Å². The van der Waals surface area contributed by atoms with Crippen LogP contribution in [-0.4, -0.2) is 13.6 Å². The van der Waals surface area contributed by atoms with Crippen molar-refractivity contribution in [1.82, 2.24) is 0 Å². The first-order valence-electron chi connectivity index (χ1n) is 6.28. The molecule has 0 amide bonds. The van der Waals surface area contributed by atoms with Gasteiger partial charge in [0.1, 0.15) is 0 Å². The van der Waals surface area contributed by atoms with E-state index in [1.807, 2.05) is 0 Å². The molecular weight excluding hydrogens is 240 g/mol. The van der Waals surface area contributed by atoms with Crippen molar-refractivity contribution in [3.05, 3.63) is 52.2 Å². The highest BCUT2D eigenvalue weighted by atomic mass is 32.1. The van der Waals surface area contributed by atoms with Crippen molar-refractivity contribution < 1.29 is 0 Å². The maximum atomic E-state index is 5.68. The molecule has 2 rings (SSSR count). The summed E-state index contributed by atoms with van der Waals surface area (Å²) in [6, 6.07) is 13.2. The van der Waals surface area contributed by atoms with Gasteiger partial charge in [-0.1, -0.05) is 24.3 Å². The zero-order valence-corrected chi connectivity index (χ0v) is 11.8. The number of nitrogens with two attached hydrogens (primary N) is 1. The largest absolute Gasteiger partial charge is 0.367 e. The molecule has 0 fully saturated rings. The molecule has 0 aliphatic heterocycles. The van der Waals surface area contributed by atoms with Crippen LogP contribution in [0.1, 0.15) is 23.4 Å². The summed E-state index contributed by atoms with van der Waals surface area (Å²) in [6.07, 6.45) is 0.928. The summed E-state index contributed by atoms with van der Waals surface area (Å²) in [7, 11) is 2.15. The topological polar surface area (TPSA) is 29.3 Å². The highest BCUT2D eigenvalue weighted by molar-refractivity contribution is 7.10. The molecule has 1 aromatic heterocycles. The van der Waals surface area contributed by atoms with E-state index in [-0.39, 0.29) is 0 Å². The zero-order valence-electron chi connectivity index (χ0n) is 11.0. The van der Waals surface area contributed by atoms with Gasteiger partial charge in [-0.05, 0) is 43.0 Å². The number of thiophene rings is 1. The molecule has 1 aromatic carbocycles. The third-order valence-electron chi connectivity index (χ3n) is 3.32. The fraction of sp³-hybridized carbons (Fsp3) is 0.333. The first kappa shape index (κ1) is 13.1. The number of nitrogens with zero attached hydrogens (tertiary/aromatic N) is 1. The predicted molar refractivity (Wildman–Crippen MR) is 80.3 cm³/mol. The molecule has 0 aliphatic carbocycles. The quantitative estimate of drug-likeness (QED) is 0.892. The lowest BCUT2D eigenvalue weighted by Gasteiger charge is -2.28. The summed E-state index contributed by atoms with van der Waals surface area (Å²) >= 11 is 1.81. The number of hydrogen-bond acceptors (Lipinski definition) is 3. The number of rotatable bonds is 5. The Kier molecular flexibility index (Phi) is 4.39. The first-order valence-corrected chi connectivity index (χ1v) is 7.16. The Hall–Kier alpha value is -1.32. The van der Waals surface area contributed by atoms with Gasteiger partial charge in [0.25, 0.3) is 0 Å². The van der Waals surface area contributed by atoms with Crippen LogP contribution in [-0.2, 0) is 6.42 Å². The van der Waals surface area contributed by atoms with Crippen molar-refractivity contribution in [2.45, 2.75) is 19.4 Å². The maximum absolute atomic E-state index is 5.68. The van der Waals surface area contributed by atoms with E-state index in [9.17, 15) is 0 Å². The average Bonchev–Trinajstić information content (AvgIpc) is 2.92. The van der Waals surface area contributed by atoms with E-state index in [0.717, 1.165) is 6.42 Å². The van der Waals surface area contributed by atoms with Crippen LogP contribution in [0, 0.1) is 0 Å². The van der Waals surface area contributed by atoms with Crippen LogP contribution in [0.3, 0.4) is 0 Å².